The Labute approximate surface area is 128 Å². The molecule has 2 atom stereocenters. The van der Waals surface area contributed by atoms with Gasteiger partial charge in [-0.05, 0) is 36.6 Å². The topological polar surface area (TPSA) is 90.2 Å². The van der Waals surface area contributed by atoms with Crippen molar-refractivity contribution in [3.63, 3.8) is 0 Å². The minimum absolute atomic E-state index is 0.101. The van der Waals surface area contributed by atoms with Crippen LogP contribution in [0.1, 0.15) is 28.4 Å². The third-order valence-corrected chi connectivity index (χ3v) is 4.18. The van der Waals surface area contributed by atoms with Crippen LogP contribution in [0.5, 0.6) is 23.0 Å². The lowest BCUT2D eigenvalue weighted by Gasteiger charge is -2.31. The smallest absolute Gasteiger partial charge is 0.150 e. The molecule has 3 rings (SSSR count). The number of phenolic OH excluding ortho intramolecular Hbond substituents is 3. The van der Waals surface area contributed by atoms with Gasteiger partial charge in [-0.15, -0.1) is 0 Å². The fraction of sp³-hybridized carbons (Fsp3) is 0.294. The van der Waals surface area contributed by atoms with Crippen LogP contribution in [-0.4, -0.2) is 26.5 Å². The van der Waals surface area contributed by atoms with Crippen LogP contribution in [0.15, 0.2) is 24.3 Å². The van der Waals surface area contributed by atoms with Gasteiger partial charge in [0, 0.05) is 24.1 Å². The van der Waals surface area contributed by atoms with Gasteiger partial charge < -0.3 is 25.2 Å². The Bertz CT molecular complexity index is 715. The summed E-state index contributed by atoms with van der Waals surface area (Å²) in [7, 11) is 0. The summed E-state index contributed by atoms with van der Waals surface area (Å²) >= 11 is 0. The lowest BCUT2D eigenvalue weighted by molar-refractivity contribution is 0.0197. The van der Waals surface area contributed by atoms with Gasteiger partial charge in [0.1, 0.15) is 29.1 Å². The van der Waals surface area contributed by atoms with Crippen molar-refractivity contribution in [3.05, 3.63) is 46.5 Å². The highest BCUT2D eigenvalue weighted by Gasteiger charge is 2.32. The van der Waals surface area contributed by atoms with E-state index in [9.17, 15) is 20.4 Å². The number of hydrogen-bond acceptors (Lipinski definition) is 5. The first-order valence-corrected chi connectivity index (χ1v) is 7.06. The maximum absolute atomic E-state index is 10.3. The molecule has 0 aliphatic carbocycles. The zero-order valence-corrected chi connectivity index (χ0v) is 12.4. The first-order valence-electron chi connectivity index (χ1n) is 7.06. The highest BCUT2D eigenvalue weighted by molar-refractivity contribution is 5.52. The number of fused-ring (bicyclic) bond motifs is 1. The summed E-state index contributed by atoms with van der Waals surface area (Å²) < 4.78 is 5.76. The van der Waals surface area contributed by atoms with E-state index in [1.54, 1.807) is 6.07 Å². The van der Waals surface area contributed by atoms with Crippen molar-refractivity contribution in [2.75, 3.05) is 0 Å². The second-order valence-corrected chi connectivity index (χ2v) is 5.73. The van der Waals surface area contributed by atoms with Crippen LogP contribution < -0.4 is 4.74 Å². The molecule has 2 aromatic carbocycles. The Hall–Kier alpha value is -2.40. The van der Waals surface area contributed by atoms with Gasteiger partial charge in [-0.1, -0.05) is 6.07 Å². The van der Waals surface area contributed by atoms with E-state index in [4.69, 9.17) is 4.74 Å². The Balaban J connectivity index is 2.03. The molecule has 1 aliphatic rings. The fourth-order valence-electron chi connectivity index (χ4n) is 2.78. The molecule has 0 amide bonds. The van der Waals surface area contributed by atoms with E-state index in [2.05, 4.69) is 0 Å². The minimum atomic E-state index is -0.857. The summed E-state index contributed by atoms with van der Waals surface area (Å²) in [5, 5.41) is 39.7. The lowest BCUT2D eigenvalue weighted by Crippen LogP contribution is -2.30. The zero-order valence-electron chi connectivity index (χ0n) is 12.4. The number of aliphatic hydroxyl groups excluding tert-OH is 1. The molecule has 22 heavy (non-hydrogen) atoms. The molecule has 5 nitrogen and oxygen atoms in total. The molecule has 4 N–H and O–H groups in total. The molecule has 0 spiro atoms. The number of aromatic hydroxyl groups is 3. The van der Waals surface area contributed by atoms with E-state index < -0.39 is 12.2 Å². The monoisotopic (exact) mass is 302 g/mol. The van der Waals surface area contributed by atoms with Crippen molar-refractivity contribution in [3.8, 4) is 23.0 Å². The van der Waals surface area contributed by atoms with E-state index in [0.29, 0.717) is 16.9 Å². The van der Waals surface area contributed by atoms with Gasteiger partial charge in [0.15, 0.2) is 0 Å². The van der Waals surface area contributed by atoms with Gasteiger partial charge in [-0.3, -0.25) is 0 Å². The molecule has 0 fully saturated rings. The lowest BCUT2D eigenvalue weighted by atomic mass is 9.92. The zero-order chi connectivity index (χ0) is 16.0. The van der Waals surface area contributed by atoms with Crippen molar-refractivity contribution in [1.82, 2.24) is 0 Å². The number of aryl methyl sites for hydroxylation is 1. The van der Waals surface area contributed by atoms with Crippen LogP contribution in [-0.2, 0) is 6.42 Å². The summed E-state index contributed by atoms with van der Waals surface area (Å²) in [4.78, 5) is 0. The first kappa shape index (κ1) is 14.5. The van der Waals surface area contributed by atoms with Gasteiger partial charge in [0.2, 0.25) is 0 Å². The number of benzene rings is 2. The van der Waals surface area contributed by atoms with Crippen LogP contribution >= 0.6 is 0 Å². The highest BCUT2D eigenvalue weighted by atomic mass is 16.5. The number of ether oxygens (including phenoxy) is 1. The molecule has 0 saturated carbocycles. The predicted molar refractivity (Wildman–Crippen MR) is 80.4 cm³/mol. The molecule has 1 heterocycles. The van der Waals surface area contributed by atoms with Crippen LogP contribution in [0, 0.1) is 13.8 Å². The molecular formula is C17H18O5. The highest BCUT2D eigenvalue weighted by Crippen LogP contribution is 2.42. The molecule has 0 aromatic heterocycles. The summed E-state index contributed by atoms with van der Waals surface area (Å²) in [5.74, 6) is 0.283. The van der Waals surface area contributed by atoms with Crippen molar-refractivity contribution < 1.29 is 25.2 Å². The molecule has 5 heteroatoms. The van der Waals surface area contributed by atoms with E-state index in [1.807, 2.05) is 19.9 Å². The normalized spacial score (nSPS) is 20.3. The standard InChI is InChI=1S/C17H18O5/c1-8-3-10(4-13(19)9(8)2)17-15(21)7-12-14(20)5-11(18)6-16(12)22-17/h3-6,15,17-21H,7H2,1-2H3. The summed E-state index contributed by atoms with van der Waals surface area (Å²) in [6.07, 6.45) is -1.32. The van der Waals surface area contributed by atoms with Gasteiger partial charge in [0.25, 0.3) is 0 Å². The largest absolute Gasteiger partial charge is 0.508 e. The van der Waals surface area contributed by atoms with Gasteiger partial charge in [-0.25, -0.2) is 0 Å². The SMILES string of the molecule is Cc1cc(C2Oc3cc(O)cc(O)c3CC2O)cc(O)c1C. The number of rotatable bonds is 1. The Kier molecular flexibility index (Phi) is 3.37. The summed E-state index contributed by atoms with van der Waals surface area (Å²) in [5.41, 5.74) is 2.80. The number of hydrogen-bond donors (Lipinski definition) is 4. The third-order valence-electron chi connectivity index (χ3n) is 4.18. The van der Waals surface area contributed by atoms with E-state index in [1.165, 1.54) is 12.1 Å². The molecule has 1 aliphatic heterocycles. The average Bonchev–Trinajstić information content (AvgIpc) is 2.44. The molecule has 0 saturated heterocycles. The second kappa shape index (κ2) is 5.10. The Morgan fingerprint density at radius 2 is 1.73 bits per heavy atom. The Morgan fingerprint density at radius 1 is 1.00 bits per heavy atom. The third kappa shape index (κ3) is 2.33. The fourth-order valence-corrected chi connectivity index (χ4v) is 2.78. The number of aliphatic hydroxyl groups is 1. The molecule has 0 radical (unpaired) electrons. The van der Waals surface area contributed by atoms with Gasteiger partial charge in [-0.2, -0.15) is 0 Å². The van der Waals surface area contributed by atoms with Gasteiger partial charge >= 0.3 is 0 Å². The quantitative estimate of drug-likeness (QED) is 0.649. The van der Waals surface area contributed by atoms with Crippen LogP contribution in [0.3, 0.4) is 0 Å². The maximum Gasteiger partial charge on any atom is 0.150 e. The summed E-state index contributed by atoms with van der Waals surface area (Å²) in [6, 6.07) is 6.06. The van der Waals surface area contributed by atoms with Crippen molar-refractivity contribution in [2.45, 2.75) is 32.5 Å². The van der Waals surface area contributed by atoms with E-state index in [0.717, 1.165) is 11.1 Å². The number of phenols is 3. The molecule has 2 unspecified atom stereocenters. The molecule has 2 aromatic rings. The van der Waals surface area contributed by atoms with Crippen molar-refractivity contribution in [2.24, 2.45) is 0 Å². The van der Waals surface area contributed by atoms with Crippen molar-refractivity contribution >= 4 is 0 Å². The minimum Gasteiger partial charge on any atom is -0.508 e. The molecule has 0 bridgehead atoms. The average molecular weight is 302 g/mol. The maximum atomic E-state index is 10.3. The summed E-state index contributed by atoms with van der Waals surface area (Å²) in [6.45, 7) is 3.69. The van der Waals surface area contributed by atoms with Crippen LogP contribution in [0.25, 0.3) is 0 Å². The Morgan fingerprint density at radius 3 is 2.41 bits per heavy atom. The van der Waals surface area contributed by atoms with Crippen LogP contribution in [0.2, 0.25) is 0 Å². The molecular weight excluding hydrogens is 284 g/mol. The first-order chi connectivity index (χ1) is 10.4. The second-order valence-electron chi connectivity index (χ2n) is 5.73. The van der Waals surface area contributed by atoms with E-state index in [-0.39, 0.29) is 23.7 Å². The van der Waals surface area contributed by atoms with Crippen LogP contribution in [0.4, 0.5) is 0 Å². The van der Waals surface area contributed by atoms with E-state index >= 15 is 0 Å². The van der Waals surface area contributed by atoms with Gasteiger partial charge in [0.05, 0.1) is 6.10 Å². The molecule has 116 valence electrons. The predicted octanol–water partition coefficient (Wildman–Crippen LogP) is 2.46. The van der Waals surface area contributed by atoms with Crippen molar-refractivity contribution in [1.29, 1.82) is 0 Å².